The van der Waals surface area contributed by atoms with Crippen LogP contribution in [-0.4, -0.2) is 29.8 Å². The number of carbonyl (C=O) groups excluding carboxylic acids is 1. The lowest BCUT2D eigenvalue weighted by atomic mass is 10.0. The molecule has 0 aromatic rings. The molecule has 0 spiro atoms. The van der Waals surface area contributed by atoms with E-state index < -0.39 is 0 Å². The van der Waals surface area contributed by atoms with E-state index >= 15 is 0 Å². The molecule has 1 aliphatic carbocycles. The highest BCUT2D eigenvalue weighted by Crippen LogP contribution is 2.09. The van der Waals surface area contributed by atoms with Crippen LogP contribution < -0.4 is 10.6 Å². The average Bonchev–Trinajstić information content (AvgIpc) is 2.29. The van der Waals surface area contributed by atoms with E-state index in [1.807, 2.05) is 6.92 Å². The Hall–Kier alpha value is -1.03. The number of hydrogen-bond donors (Lipinski definition) is 3. The van der Waals surface area contributed by atoms with Crippen molar-refractivity contribution in [3.8, 4) is 0 Å². The maximum atomic E-state index is 11.6. The van der Waals surface area contributed by atoms with Crippen LogP contribution in [0.5, 0.6) is 0 Å². The summed E-state index contributed by atoms with van der Waals surface area (Å²) in [6.07, 6.45) is 8.88. The van der Waals surface area contributed by atoms with Gasteiger partial charge in [0.05, 0.1) is 0 Å². The highest BCUT2D eigenvalue weighted by molar-refractivity contribution is 5.74. The number of rotatable bonds is 5. The molecule has 4 heteroatoms. The lowest BCUT2D eigenvalue weighted by Gasteiger charge is -2.21. The van der Waals surface area contributed by atoms with Crippen molar-refractivity contribution in [2.24, 2.45) is 0 Å². The topological polar surface area (TPSA) is 61.4 Å². The molecule has 0 saturated carbocycles. The molecule has 0 radical (unpaired) electrons. The minimum Gasteiger partial charge on any atom is -0.396 e. The normalized spacial score (nSPS) is 21.5. The molecule has 4 nitrogen and oxygen atoms in total. The first kappa shape index (κ1) is 13.0. The second-order valence-corrected chi connectivity index (χ2v) is 4.20. The van der Waals surface area contributed by atoms with Gasteiger partial charge in [0.1, 0.15) is 0 Å². The van der Waals surface area contributed by atoms with Crippen molar-refractivity contribution in [2.45, 2.75) is 51.1 Å². The molecule has 0 aliphatic heterocycles. The van der Waals surface area contributed by atoms with Crippen molar-refractivity contribution in [3.05, 3.63) is 12.2 Å². The molecule has 0 fully saturated rings. The predicted octanol–water partition coefficient (Wildman–Crippen LogP) is 1.56. The number of nitrogens with one attached hydrogen (secondary N) is 2. The zero-order chi connectivity index (χ0) is 11.8. The molecular formula is C12H22N2O2. The Morgan fingerprint density at radius 3 is 3.00 bits per heavy atom. The van der Waals surface area contributed by atoms with Crippen LogP contribution >= 0.6 is 0 Å². The minimum absolute atomic E-state index is 0.0672. The van der Waals surface area contributed by atoms with Crippen LogP contribution in [0.3, 0.4) is 0 Å². The smallest absolute Gasteiger partial charge is 0.315 e. The SMILES string of the molecule is CCC(CCO)NC(=O)NC1C=CCCC1. The summed E-state index contributed by atoms with van der Waals surface area (Å²) in [5.41, 5.74) is 0. The summed E-state index contributed by atoms with van der Waals surface area (Å²) in [5, 5.41) is 14.6. The van der Waals surface area contributed by atoms with Crippen LogP contribution in [0.15, 0.2) is 12.2 Å². The number of aliphatic hydroxyl groups excluding tert-OH is 1. The minimum atomic E-state index is -0.128. The number of hydrogen-bond acceptors (Lipinski definition) is 2. The highest BCUT2D eigenvalue weighted by atomic mass is 16.3. The lowest BCUT2D eigenvalue weighted by Crippen LogP contribution is -2.46. The van der Waals surface area contributed by atoms with Crippen LogP contribution in [0, 0.1) is 0 Å². The fourth-order valence-corrected chi connectivity index (χ4v) is 1.86. The van der Waals surface area contributed by atoms with E-state index in [1.54, 1.807) is 0 Å². The van der Waals surface area contributed by atoms with Crippen molar-refractivity contribution in [2.75, 3.05) is 6.61 Å². The Morgan fingerprint density at radius 2 is 2.44 bits per heavy atom. The van der Waals surface area contributed by atoms with E-state index in [1.165, 1.54) is 0 Å². The summed E-state index contributed by atoms with van der Waals surface area (Å²) in [6.45, 7) is 2.11. The third kappa shape index (κ3) is 4.66. The molecule has 3 N–H and O–H groups in total. The van der Waals surface area contributed by atoms with Gasteiger partial charge in [-0.2, -0.15) is 0 Å². The van der Waals surface area contributed by atoms with Crippen molar-refractivity contribution in [1.29, 1.82) is 0 Å². The van der Waals surface area contributed by atoms with Crippen LogP contribution in [0.25, 0.3) is 0 Å². The maximum Gasteiger partial charge on any atom is 0.315 e. The summed E-state index contributed by atoms with van der Waals surface area (Å²) < 4.78 is 0. The van der Waals surface area contributed by atoms with Crippen molar-refractivity contribution in [3.63, 3.8) is 0 Å². The summed E-state index contributed by atoms with van der Waals surface area (Å²) in [5.74, 6) is 0. The van der Waals surface area contributed by atoms with Gasteiger partial charge < -0.3 is 15.7 Å². The first-order valence-corrected chi connectivity index (χ1v) is 6.10. The molecule has 0 aromatic carbocycles. The van der Waals surface area contributed by atoms with Gasteiger partial charge in [0.2, 0.25) is 0 Å². The molecule has 2 amide bonds. The van der Waals surface area contributed by atoms with Crippen molar-refractivity contribution < 1.29 is 9.90 Å². The second kappa shape index (κ2) is 7.28. The predicted molar refractivity (Wildman–Crippen MR) is 64.2 cm³/mol. The summed E-state index contributed by atoms with van der Waals surface area (Å²) in [4.78, 5) is 11.6. The number of aliphatic hydroxyl groups is 1. The van der Waals surface area contributed by atoms with Crippen molar-refractivity contribution >= 4 is 6.03 Å². The van der Waals surface area contributed by atoms with Crippen LogP contribution in [-0.2, 0) is 0 Å². The molecule has 2 atom stereocenters. The van der Waals surface area contributed by atoms with Gasteiger partial charge in [-0.25, -0.2) is 4.79 Å². The second-order valence-electron chi connectivity index (χ2n) is 4.20. The zero-order valence-electron chi connectivity index (χ0n) is 9.91. The molecule has 16 heavy (non-hydrogen) atoms. The van der Waals surface area contributed by atoms with Crippen LogP contribution in [0.1, 0.15) is 39.0 Å². The molecule has 1 aliphatic rings. The summed E-state index contributed by atoms with van der Waals surface area (Å²) in [6, 6.07) is 0.106. The number of amides is 2. The van der Waals surface area contributed by atoms with Crippen LogP contribution in [0.4, 0.5) is 4.79 Å². The summed E-state index contributed by atoms with van der Waals surface area (Å²) >= 11 is 0. The number of allylic oxidation sites excluding steroid dienone is 1. The molecule has 0 bridgehead atoms. The average molecular weight is 226 g/mol. The largest absolute Gasteiger partial charge is 0.396 e. The fraction of sp³-hybridized carbons (Fsp3) is 0.750. The standard InChI is InChI=1S/C12H22N2O2/c1-2-10(8-9-15)13-12(16)14-11-6-4-3-5-7-11/h4,6,10-11,15H,2-3,5,7-9H2,1H3,(H2,13,14,16). The Morgan fingerprint density at radius 1 is 1.62 bits per heavy atom. The Balaban J connectivity index is 2.28. The van der Waals surface area contributed by atoms with Gasteiger partial charge in [0, 0.05) is 18.7 Å². The van der Waals surface area contributed by atoms with E-state index in [4.69, 9.17) is 5.11 Å². The molecule has 0 saturated heterocycles. The van der Waals surface area contributed by atoms with Gasteiger partial charge in [0.15, 0.2) is 0 Å². The monoisotopic (exact) mass is 226 g/mol. The van der Waals surface area contributed by atoms with E-state index in [0.29, 0.717) is 6.42 Å². The van der Waals surface area contributed by atoms with Gasteiger partial charge in [-0.3, -0.25) is 0 Å². The Bertz CT molecular complexity index is 241. The molecule has 2 unspecified atom stereocenters. The van der Waals surface area contributed by atoms with Gasteiger partial charge in [-0.1, -0.05) is 19.1 Å². The third-order valence-corrected chi connectivity index (χ3v) is 2.88. The van der Waals surface area contributed by atoms with E-state index in [-0.39, 0.29) is 24.7 Å². The highest BCUT2D eigenvalue weighted by Gasteiger charge is 2.14. The maximum absolute atomic E-state index is 11.6. The molecular weight excluding hydrogens is 204 g/mol. The van der Waals surface area contributed by atoms with Crippen LogP contribution in [0.2, 0.25) is 0 Å². The van der Waals surface area contributed by atoms with Gasteiger partial charge in [-0.15, -0.1) is 0 Å². The third-order valence-electron chi connectivity index (χ3n) is 2.88. The lowest BCUT2D eigenvalue weighted by molar-refractivity contribution is 0.225. The van der Waals surface area contributed by atoms with Gasteiger partial charge in [-0.05, 0) is 32.1 Å². The van der Waals surface area contributed by atoms with E-state index in [9.17, 15) is 4.79 Å². The van der Waals surface area contributed by atoms with Gasteiger partial charge in [0.25, 0.3) is 0 Å². The molecule has 1 rings (SSSR count). The first-order valence-electron chi connectivity index (χ1n) is 6.10. The van der Waals surface area contributed by atoms with E-state index in [0.717, 1.165) is 25.7 Å². The number of urea groups is 1. The quantitative estimate of drug-likeness (QED) is 0.623. The molecule has 92 valence electrons. The number of carbonyl (C=O) groups is 1. The summed E-state index contributed by atoms with van der Waals surface area (Å²) in [7, 11) is 0. The molecule has 0 aromatic heterocycles. The van der Waals surface area contributed by atoms with Gasteiger partial charge >= 0.3 is 6.03 Å². The zero-order valence-corrected chi connectivity index (χ0v) is 9.91. The first-order chi connectivity index (χ1) is 7.76. The fourth-order valence-electron chi connectivity index (χ4n) is 1.86. The molecule has 0 heterocycles. The Kier molecular flexibility index (Phi) is 5.93. The Labute approximate surface area is 97.1 Å². The van der Waals surface area contributed by atoms with E-state index in [2.05, 4.69) is 22.8 Å². The van der Waals surface area contributed by atoms with Crippen molar-refractivity contribution in [1.82, 2.24) is 10.6 Å².